The van der Waals surface area contributed by atoms with Crippen LogP contribution in [0.15, 0.2) is 114 Å². The van der Waals surface area contributed by atoms with E-state index in [1.165, 1.54) is 66.4 Å². The average molecular weight is 571 g/mol. The highest BCUT2D eigenvalue weighted by atomic mass is 32.2. The van der Waals surface area contributed by atoms with Crippen molar-refractivity contribution in [1.29, 1.82) is 0 Å². The van der Waals surface area contributed by atoms with Gasteiger partial charge in [0.25, 0.3) is 17.5 Å². The third kappa shape index (κ3) is 8.60. The van der Waals surface area contributed by atoms with Gasteiger partial charge in [-0.25, -0.2) is 4.39 Å². The summed E-state index contributed by atoms with van der Waals surface area (Å²) in [5.74, 6) is -1.74. The Hall–Kier alpha value is -5.29. The average Bonchev–Trinajstić information content (AvgIpc) is 2.98. The van der Waals surface area contributed by atoms with Crippen LogP contribution in [0.3, 0.4) is 0 Å². The Morgan fingerprint density at radius 1 is 0.829 bits per heavy atom. The normalized spacial score (nSPS) is 10.9. The molecule has 0 aromatic heterocycles. The lowest BCUT2D eigenvalue weighted by atomic mass is 10.1. The Bertz CT molecular complexity index is 1590. The largest absolute Gasteiger partial charge is 0.325 e. The fraction of sp³-hybridized carbons (Fsp3) is 0.0333. The van der Waals surface area contributed by atoms with E-state index < -0.39 is 22.6 Å². The number of carbonyl (C=O) groups is 3. The number of rotatable bonds is 10. The summed E-state index contributed by atoms with van der Waals surface area (Å²) >= 11 is 1.24. The molecule has 206 valence electrons. The second kappa shape index (κ2) is 13.7. The molecule has 0 saturated carbocycles. The smallest absolute Gasteiger partial charge is 0.272 e. The number of benzene rings is 4. The molecule has 0 saturated heterocycles. The lowest BCUT2D eigenvalue weighted by Gasteiger charge is -2.12. The standard InChI is InChI=1S/C30H23FN4O5S/c31-22-11-13-23(14-12-22)32-28(36)19-41-26-8-4-7-24(18-26)33-30(38)27(34-29(37)21-5-2-1-3-6-21)17-20-9-15-25(16-10-20)35(39)40/h1-18H,19H2,(H,32,36)(H,33,38)(H,34,37)/b27-17+. The molecule has 0 aliphatic rings. The van der Waals surface area contributed by atoms with E-state index in [9.17, 15) is 28.9 Å². The number of non-ortho nitro benzene ring substituents is 1. The van der Waals surface area contributed by atoms with Crippen LogP contribution in [0.4, 0.5) is 21.5 Å². The van der Waals surface area contributed by atoms with E-state index in [0.29, 0.717) is 27.4 Å². The number of anilines is 2. The van der Waals surface area contributed by atoms with Crippen LogP contribution in [0, 0.1) is 15.9 Å². The van der Waals surface area contributed by atoms with Crippen LogP contribution in [0.25, 0.3) is 6.08 Å². The topological polar surface area (TPSA) is 130 Å². The lowest BCUT2D eigenvalue weighted by molar-refractivity contribution is -0.384. The summed E-state index contributed by atoms with van der Waals surface area (Å²) in [6, 6.07) is 26.1. The van der Waals surface area contributed by atoms with Gasteiger partial charge in [0.2, 0.25) is 5.91 Å². The highest BCUT2D eigenvalue weighted by Crippen LogP contribution is 2.23. The van der Waals surface area contributed by atoms with Crippen molar-refractivity contribution in [3.63, 3.8) is 0 Å². The maximum Gasteiger partial charge on any atom is 0.272 e. The summed E-state index contributed by atoms with van der Waals surface area (Å²) in [6.07, 6.45) is 1.41. The van der Waals surface area contributed by atoms with Crippen molar-refractivity contribution < 1.29 is 23.7 Å². The predicted octanol–water partition coefficient (Wildman–Crippen LogP) is 5.87. The molecule has 11 heteroatoms. The van der Waals surface area contributed by atoms with Gasteiger partial charge in [-0.15, -0.1) is 11.8 Å². The van der Waals surface area contributed by atoms with Crippen molar-refractivity contribution in [2.75, 3.05) is 16.4 Å². The quantitative estimate of drug-likeness (QED) is 0.0946. The summed E-state index contributed by atoms with van der Waals surface area (Å²) in [5.41, 5.74) is 1.51. The van der Waals surface area contributed by atoms with E-state index in [4.69, 9.17) is 0 Å². The zero-order valence-electron chi connectivity index (χ0n) is 21.4. The van der Waals surface area contributed by atoms with Crippen molar-refractivity contribution in [3.8, 4) is 0 Å². The van der Waals surface area contributed by atoms with Gasteiger partial charge >= 0.3 is 0 Å². The molecule has 0 spiro atoms. The van der Waals surface area contributed by atoms with Crippen LogP contribution < -0.4 is 16.0 Å². The molecule has 9 nitrogen and oxygen atoms in total. The monoisotopic (exact) mass is 570 g/mol. The molecule has 4 aromatic carbocycles. The number of thioether (sulfide) groups is 1. The Balaban J connectivity index is 1.46. The van der Waals surface area contributed by atoms with Gasteiger partial charge in [-0.05, 0) is 78.4 Å². The Morgan fingerprint density at radius 2 is 1.54 bits per heavy atom. The van der Waals surface area contributed by atoms with Crippen molar-refractivity contribution in [2.24, 2.45) is 0 Å². The zero-order chi connectivity index (χ0) is 29.2. The number of nitrogens with one attached hydrogen (secondary N) is 3. The van der Waals surface area contributed by atoms with Gasteiger partial charge < -0.3 is 16.0 Å². The molecule has 4 rings (SSSR count). The molecule has 0 aliphatic heterocycles. The summed E-state index contributed by atoms with van der Waals surface area (Å²) in [5, 5.41) is 19.0. The van der Waals surface area contributed by atoms with Gasteiger partial charge in [-0.2, -0.15) is 0 Å². The van der Waals surface area contributed by atoms with Gasteiger partial charge in [0.15, 0.2) is 0 Å². The van der Waals surface area contributed by atoms with E-state index in [2.05, 4.69) is 16.0 Å². The number of hydrogen-bond acceptors (Lipinski definition) is 6. The van der Waals surface area contributed by atoms with Crippen molar-refractivity contribution in [1.82, 2.24) is 5.32 Å². The molecule has 0 radical (unpaired) electrons. The van der Waals surface area contributed by atoms with Crippen LogP contribution in [0.5, 0.6) is 0 Å². The van der Waals surface area contributed by atoms with Crippen LogP contribution in [0.2, 0.25) is 0 Å². The van der Waals surface area contributed by atoms with Crippen LogP contribution in [-0.2, 0) is 9.59 Å². The van der Waals surface area contributed by atoms with Crippen LogP contribution in [-0.4, -0.2) is 28.4 Å². The van der Waals surface area contributed by atoms with Crippen LogP contribution in [0.1, 0.15) is 15.9 Å². The van der Waals surface area contributed by atoms with Crippen molar-refractivity contribution in [2.45, 2.75) is 4.90 Å². The molecule has 0 unspecified atom stereocenters. The molecular formula is C30H23FN4O5S. The Labute approximate surface area is 238 Å². The van der Waals surface area contributed by atoms with Gasteiger partial charge in [-0.3, -0.25) is 24.5 Å². The Morgan fingerprint density at radius 3 is 2.22 bits per heavy atom. The van der Waals surface area contributed by atoms with E-state index in [-0.39, 0.29) is 23.0 Å². The molecule has 41 heavy (non-hydrogen) atoms. The van der Waals surface area contributed by atoms with Crippen molar-refractivity contribution >= 4 is 52.6 Å². The van der Waals surface area contributed by atoms with Gasteiger partial charge in [0.05, 0.1) is 10.7 Å². The van der Waals surface area contributed by atoms with E-state index in [1.807, 2.05) is 0 Å². The SMILES string of the molecule is O=C(CSc1cccc(NC(=O)/C(=C\c2ccc([N+](=O)[O-])cc2)NC(=O)c2ccccc2)c1)Nc1ccc(F)cc1. The third-order valence-electron chi connectivity index (χ3n) is 5.53. The number of nitrogens with zero attached hydrogens (tertiary/aromatic N) is 1. The first kappa shape index (κ1) is 28.7. The van der Waals surface area contributed by atoms with Gasteiger partial charge in [0, 0.05) is 34.0 Å². The zero-order valence-corrected chi connectivity index (χ0v) is 22.2. The lowest BCUT2D eigenvalue weighted by Crippen LogP contribution is -2.30. The van der Waals surface area contributed by atoms with E-state index in [1.54, 1.807) is 54.6 Å². The minimum absolute atomic E-state index is 0.0766. The molecule has 3 amide bonds. The number of halogens is 1. The minimum Gasteiger partial charge on any atom is -0.325 e. The van der Waals surface area contributed by atoms with Gasteiger partial charge in [0.1, 0.15) is 11.5 Å². The van der Waals surface area contributed by atoms with E-state index >= 15 is 0 Å². The highest BCUT2D eigenvalue weighted by molar-refractivity contribution is 8.00. The first-order valence-electron chi connectivity index (χ1n) is 12.2. The molecule has 0 atom stereocenters. The first-order chi connectivity index (χ1) is 19.8. The number of carbonyl (C=O) groups excluding carboxylic acids is 3. The van der Waals surface area contributed by atoms with Crippen molar-refractivity contribution in [3.05, 3.63) is 136 Å². The summed E-state index contributed by atoms with van der Waals surface area (Å²) in [4.78, 5) is 49.5. The number of amides is 3. The van der Waals surface area contributed by atoms with E-state index in [0.717, 1.165) is 0 Å². The third-order valence-corrected chi connectivity index (χ3v) is 6.53. The first-order valence-corrected chi connectivity index (χ1v) is 13.2. The molecule has 4 aromatic rings. The number of nitro benzene ring substituents is 1. The maximum absolute atomic E-state index is 13.3. The summed E-state index contributed by atoms with van der Waals surface area (Å²) < 4.78 is 13.1. The fourth-order valence-corrected chi connectivity index (χ4v) is 4.30. The maximum atomic E-state index is 13.3. The molecule has 0 heterocycles. The van der Waals surface area contributed by atoms with Crippen LogP contribution >= 0.6 is 11.8 Å². The second-order valence-electron chi connectivity index (χ2n) is 8.55. The number of nitro groups is 1. The summed E-state index contributed by atoms with van der Waals surface area (Å²) in [6.45, 7) is 0. The number of hydrogen-bond donors (Lipinski definition) is 3. The minimum atomic E-state index is -0.621. The predicted molar refractivity (Wildman–Crippen MR) is 156 cm³/mol. The Kier molecular flexibility index (Phi) is 9.57. The molecule has 0 fully saturated rings. The van der Waals surface area contributed by atoms with Gasteiger partial charge in [-0.1, -0.05) is 24.3 Å². The fourth-order valence-electron chi connectivity index (χ4n) is 3.54. The molecule has 0 aliphatic carbocycles. The summed E-state index contributed by atoms with van der Waals surface area (Å²) in [7, 11) is 0. The molecule has 0 bridgehead atoms. The molecular weight excluding hydrogens is 547 g/mol. The highest BCUT2D eigenvalue weighted by Gasteiger charge is 2.16. The second-order valence-corrected chi connectivity index (χ2v) is 9.60. The molecule has 3 N–H and O–H groups in total.